The van der Waals surface area contributed by atoms with E-state index in [0.717, 1.165) is 21.8 Å². The molecule has 1 amide bonds. The smallest absolute Gasteiger partial charge is 0.257 e. The van der Waals surface area contributed by atoms with Gasteiger partial charge in [0.15, 0.2) is 5.75 Å². The van der Waals surface area contributed by atoms with E-state index >= 15 is 0 Å². The van der Waals surface area contributed by atoms with E-state index in [-0.39, 0.29) is 5.91 Å². The summed E-state index contributed by atoms with van der Waals surface area (Å²) in [5.74, 6) is 1.15. The van der Waals surface area contributed by atoms with Gasteiger partial charge < -0.3 is 14.4 Å². The standard InChI is InChI=1S/C15H15BrN2O3/c1-18-7-5-8-10(15(18)19)14(21-3)12-11(13(8)20-2)9(16)4-6-17-12/h4,6H,5,7H2,1-3H3. The van der Waals surface area contributed by atoms with Gasteiger partial charge in [0.1, 0.15) is 11.3 Å². The number of benzene rings is 1. The van der Waals surface area contributed by atoms with Gasteiger partial charge in [-0.2, -0.15) is 0 Å². The van der Waals surface area contributed by atoms with Crippen LogP contribution in [0, 0.1) is 0 Å². The third-order valence-corrected chi connectivity index (χ3v) is 4.47. The second-order valence-corrected chi connectivity index (χ2v) is 5.77. The Morgan fingerprint density at radius 1 is 1.29 bits per heavy atom. The summed E-state index contributed by atoms with van der Waals surface area (Å²) in [4.78, 5) is 18.6. The number of likely N-dealkylation sites (N-methyl/N-ethyl adjacent to an activating group) is 1. The van der Waals surface area contributed by atoms with Crippen LogP contribution in [0.25, 0.3) is 10.9 Å². The first-order valence-electron chi connectivity index (χ1n) is 6.56. The molecule has 5 nitrogen and oxygen atoms in total. The van der Waals surface area contributed by atoms with Crippen LogP contribution in [0.4, 0.5) is 0 Å². The number of amides is 1. The summed E-state index contributed by atoms with van der Waals surface area (Å²) in [6.07, 6.45) is 2.41. The highest BCUT2D eigenvalue weighted by Gasteiger charge is 2.32. The van der Waals surface area contributed by atoms with Crippen molar-refractivity contribution in [3.63, 3.8) is 0 Å². The zero-order valence-electron chi connectivity index (χ0n) is 12.1. The number of rotatable bonds is 2. The highest BCUT2D eigenvalue weighted by molar-refractivity contribution is 9.10. The Kier molecular flexibility index (Phi) is 3.49. The molecule has 2 heterocycles. The summed E-state index contributed by atoms with van der Waals surface area (Å²) in [6, 6.07) is 1.85. The second kappa shape index (κ2) is 5.18. The van der Waals surface area contributed by atoms with Gasteiger partial charge in [0.05, 0.1) is 25.2 Å². The van der Waals surface area contributed by atoms with Crippen molar-refractivity contribution in [2.75, 3.05) is 27.8 Å². The van der Waals surface area contributed by atoms with Gasteiger partial charge in [-0.15, -0.1) is 0 Å². The minimum absolute atomic E-state index is 0.0601. The fourth-order valence-corrected chi connectivity index (χ4v) is 3.29. The quantitative estimate of drug-likeness (QED) is 0.835. The molecule has 0 fully saturated rings. The normalized spacial score (nSPS) is 14.3. The van der Waals surface area contributed by atoms with Gasteiger partial charge in [-0.3, -0.25) is 9.78 Å². The number of aromatic nitrogens is 1. The van der Waals surface area contributed by atoms with Crippen LogP contribution in [0.3, 0.4) is 0 Å². The van der Waals surface area contributed by atoms with E-state index in [0.29, 0.717) is 29.1 Å². The predicted octanol–water partition coefficient (Wildman–Crippen LogP) is 2.64. The van der Waals surface area contributed by atoms with E-state index in [1.54, 1.807) is 32.4 Å². The number of ether oxygens (including phenoxy) is 2. The molecule has 6 heteroatoms. The lowest BCUT2D eigenvalue weighted by atomic mass is 9.94. The van der Waals surface area contributed by atoms with Gasteiger partial charge in [-0.1, -0.05) is 0 Å². The van der Waals surface area contributed by atoms with Crippen molar-refractivity contribution < 1.29 is 14.3 Å². The van der Waals surface area contributed by atoms with Crippen molar-refractivity contribution in [3.8, 4) is 11.5 Å². The Labute approximate surface area is 131 Å². The molecule has 2 aromatic rings. The molecule has 1 aromatic heterocycles. The molecule has 1 aliphatic rings. The van der Waals surface area contributed by atoms with Gasteiger partial charge in [-0.05, 0) is 28.4 Å². The SMILES string of the molecule is COc1c2c(c(OC)c3c(Br)ccnc13)CCN(C)C2=O. The fourth-order valence-electron chi connectivity index (χ4n) is 2.81. The van der Waals surface area contributed by atoms with E-state index in [9.17, 15) is 4.79 Å². The molecular weight excluding hydrogens is 336 g/mol. The average molecular weight is 351 g/mol. The first kappa shape index (κ1) is 14.1. The molecule has 1 aliphatic heterocycles. The summed E-state index contributed by atoms with van der Waals surface area (Å²) >= 11 is 3.54. The van der Waals surface area contributed by atoms with Crippen LogP contribution in [0.5, 0.6) is 11.5 Å². The maximum atomic E-state index is 12.5. The number of carbonyl (C=O) groups is 1. The lowest BCUT2D eigenvalue weighted by molar-refractivity contribution is 0.0776. The summed E-state index contributed by atoms with van der Waals surface area (Å²) < 4.78 is 12.0. The maximum Gasteiger partial charge on any atom is 0.257 e. The summed E-state index contributed by atoms with van der Waals surface area (Å²) in [5, 5.41) is 0.841. The summed E-state index contributed by atoms with van der Waals surface area (Å²) in [7, 11) is 4.96. The van der Waals surface area contributed by atoms with E-state index in [4.69, 9.17) is 9.47 Å². The predicted molar refractivity (Wildman–Crippen MR) is 83.2 cm³/mol. The van der Waals surface area contributed by atoms with Crippen molar-refractivity contribution in [2.45, 2.75) is 6.42 Å². The Morgan fingerprint density at radius 3 is 2.67 bits per heavy atom. The third kappa shape index (κ3) is 1.97. The topological polar surface area (TPSA) is 51.7 Å². The van der Waals surface area contributed by atoms with Crippen LogP contribution in [-0.2, 0) is 6.42 Å². The molecule has 1 aromatic carbocycles. The largest absolute Gasteiger partial charge is 0.496 e. The Hall–Kier alpha value is -1.82. The number of hydrogen-bond acceptors (Lipinski definition) is 4. The monoisotopic (exact) mass is 350 g/mol. The van der Waals surface area contributed by atoms with Crippen molar-refractivity contribution in [3.05, 3.63) is 27.9 Å². The summed E-state index contributed by atoms with van der Waals surface area (Å²) in [5.41, 5.74) is 2.07. The average Bonchev–Trinajstić information content (AvgIpc) is 2.49. The van der Waals surface area contributed by atoms with Crippen molar-refractivity contribution in [1.29, 1.82) is 0 Å². The molecular formula is C15H15BrN2O3. The van der Waals surface area contributed by atoms with Crippen molar-refractivity contribution >= 4 is 32.7 Å². The fraction of sp³-hybridized carbons (Fsp3) is 0.333. The number of methoxy groups -OCH3 is 2. The van der Waals surface area contributed by atoms with E-state index < -0.39 is 0 Å². The highest BCUT2D eigenvalue weighted by atomic mass is 79.9. The molecule has 0 N–H and O–H groups in total. The molecule has 3 rings (SSSR count). The molecule has 21 heavy (non-hydrogen) atoms. The lowest BCUT2D eigenvalue weighted by Gasteiger charge is -2.28. The zero-order valence-corrected chi connectivity index (χ0v) is 13.7. The van der Waals surface area contributed by atoms with Gasteiger partial charge in [0.2, 0.25) is 0 Å². The molecule has 0 saturated heterocycles. The van der Waals surface area contributed by atoms with E-state index in [2.05, 4.69) is 20.9 Å². The highest BCUT2D eigenvalue weighted by Crippen LogP contribution is 2.44. The number of halogens is 1. The zero-order chi connectivity index (χ0) is 15.1. The van der Waals surface area contributed by atoms with Crippen LogP contribution >= 0.6 is 15.9 Å². The van der Waals surface area contributed by atoms with Crippen LogP contribution in [-0.4, -0.2) is 43.6 Å². The number of fused-ring (bicyclic) bond motifs is 2. The van der Waals surface area contributed by atoms with Crippen molar-refractivity contribution in [2.24, 2.45) is 0 Å². The van der Waals surface area contributed by atoms with Crippen LogP contribution < -0.4 is 9.47 Å². The number of nitrogens with zero attached hydrogens (tertiary/aromatic N) is 2. The molecule has 0 bridgehead atoms. The summed E-state index contributed by atoms with van der Waals surface area (Å²) in [6.45, 7) is 0.661. The Bertz CT molecular complexity index is 746. The molecule has 0 unspecified atom stereocenters. The van der Waals surface area contributed by atoms with E-state index in [1.807, 2.05) is 6.07 Å². The van der Waals surface area contributed by atoms with Crippen LogP contribution in [0.2, 0.25) is 0 Å². The van der Waals surface area contributed by atoms with Gasteiger partial charge in [0.25, 0.3) is 5.91 Å². The Balaban J connectivity index is 2.50. The lowest BCUT2D eigenvalue weighted by Crippen LogP contribution is -2.34. The molecule has 110 valence electrons. The maximum absolute atomic E-state index is 12.5. The number of carbonyl (C=O) groups excluding carboxylic acids is 1. The molecule has 0 saturated carbocycles. The molecule has 0 aliphatic carbocycles. The molecule has 0 atom stereocenters. The Morgan fingerprint density at radius 2 is 2.00 bits per heavy atom. The van der Waals surface area contributed by atoms with Crippen LogP contribution in [0.1, 0.15) is 15.9 Å². The first-order chi connectivity index (χ1) is 10.1. The molecule has 0 radical (unpaired) electrons. The minimum Gasteiger partial charge on any atom is -0.496 e. The van der Waals surface area contributed by atoms with Crippen LogP contribution in [0.15, 0.2) is 16.7 Å². The number of pyridine rings is 1. The minimum atomic E-state index is -0.0601. The van der Waals surface area contributed by atoms with Gasteiger partial charge in [-0.25, -0.2) is 0 Å². The molecule has 0 spiro atoms. The second-order valence-electron chi connectivity index (χ2n) is 4.91. The third-order valence-electron chi connectivity index (χ3n) is 3.81. The first-order valence-corrected chi connectivity index (χ1v) is 7.36. The van der Waals surface area contributed by atoms with Gasteiger partial charge in [0, 0.05) is 29.8 Å². The van der Waals surface area contributed by atoms with Crippen molar-refractivity contribution in [1.82, 2.24) is 9.88 Å². The van der Waals surface area contributed by atoms with E-state index in [1.165, 1.54) is 0 Å². The number of hydrogen-bond donors (Lipinski definition) is 0. The van der Waals surface area contributed by atoms with Gasteiger partial charge >= 0.3 is 0 Å².